The summed E-state index contributed by atoms with van der Waals surface area (Å²) < 4.78 is 14.7. The van der Waals surface area contributed by atoms with E-state index in [4.69, 9.17) is 11.6 Å². The normalized spacial score (nSPS) is 18.3. The second kappa shape index (κ2) is 7.53. The largest absolute Gasteiger partial charge is 0.507 e. The van der Waals surface area contributed by atoms with Gasteiger partial charge in [-0.15, -0.1) is 0 Å². The number of carbonyl (C=O) groups excluding carboxylic acids is 2. The number of nitrogens with zero attached hydrogens (tertiary/aromatic N) is 1. The van der Waals surface area contributed by atoms with Crippen molar-refractivity contribution in [1.29, 1.82) is 0 Å². The first-order valence-electron chi connectivity index (χ1n) is 8.85. The smallest absolute Gasteiger partial charge is 0.300 e. The van der Waals surface area contributed by atoms with Crippen molar-refractivity contribution in [1.82, 2.24) is 0 Å². The topological polar surface area (TPSA) is 57.6 Å². The monoisotopic (exact) mass is 407 g/mol. The Morgan fingerprint density at radius 1 is 0.897 bits per heavy atom. The van der Waals surface area contributed by atoms with Crippen LogP contribution < -0.4 is 4.90 Å². The highest BCUT2D eigenvalue weighted by atomic mass is 35.5. The maximum absolute atomic E-state index is 14.7. The van der Waals surface area contributed by atoms with Gasteiger partial charge in [-0.3, -0.25) is 14.5 Å². The third-order valence-electron chi connectivity index (χ3n) is 4.80. The first-order valence-corrected chi connectivity index (χ1v) is 9.23. The van der Waals surface area contributed by atoms with Gasteiger partial charge in [0.1, 0.15) is 11.6 Å². The van der Waals surface area contributed by atoms with Crippen molar-refractivity contribution in [3.8, 4) is 0 Å². The van der Waals surface area contributed by atoms with E-state index in [1.165, 1.54) is 23.1 Å². The van der Waals surface area contributed by atoms with Crippen molar-refractivity contribution in [3.63, 3.8) is 0 Å². The number of amides is 1. The van der Waals surface area contributed by atoms with Gasteiger partial charge in [0.25, 0.3) is 11.7 Å². The fraction of sp³-hybridized carbons (Fsp3) is 0.0435. The van der Waals surface area contributed by atoms with E-state index in [9.17, 15) is 19.1 Å². The average Bonchev–Trinajstić information content (AvgIpc) is 3.00. The molecular formula is C23H15ClFNO3. The van der Waals surface area contributed by atoms with E-state index in [1.807, 2.05) is 0 Å². The summed E-state index contributed by atoms with van der Waals surface area (Å²) in [6.45, 7) is 0. The number of Topliss-reactive ketones (excluding diaryl/α,β-unsaturated/α-hetero) is 1. The number of aliphatic hydroxyl groups is 1. The van der Waals surface area contributed by atoms with Crippen LogP contribution in [0.3, 0.4) is 0 Å². The molecule has 0 spiro atoms. The van der Waals surface area contributed by atoms with Crippen molar-refractivity contribution < 1.29 is 19.1 Å². The van der Waals surface area contributed by atoms with Gasteiger partial charge in [-0.1, -0.05) is 60.1 Å². The summed E-state index contributed by atoms with van der Waals surface area (Å²) >= 11 is 5.94. The van der Waals surface area contributed by atoms with E-state index < -0.39 is 23.5 Å². The molecule has 0 aliphatic carbocycles. The minimum Gasteiger partial charge on any atom is -0.507 e. The molecule has 144 valence electrons. The van der Waals surface area contributed by atoms with Crippen LogP contribution in [0.4, 0.5) is 10.1 Å². The Hall–Kier alpha value is -3.44. The average molecular weight is 408 g/mol. The zero-order chi connectivity index (χ0) is 20.5. The van der Waals surface area contributed by atoms with Crippen LogP contribution in [0.1, 0.15) is 17.2 Å². The van der Waals surface area contributed by atoms with Crippen LogP contribution in [-0.2, 0) is 9.59 Å². The molecule has 1 aliphatic rings. The molecule has 1 amide bonds. The zero-order valence-electron chi connectivity index (χ0n) is 15.0. The van der Waals surface area contributed by atoms with Gasteiger partial charge in [-0.25, -0.2) is 4.39 Å². The highest BCUT2D eigenvalue weighted by molar-refractivity contribution is 6.51. The molecule has 1 heterocycles. The van der Waals surface area contributed by atoms with E-state index in [2.05, 4.69) is 0 Å². The first kappa shape index (κ1) is 18.9. The lowest BCUT2D eigenvalue weighted by atomic mass is 9.95. The van der Waals surface area contributed by atoms with Crippen LogP contribution in [0, 0.1) is 5.82 Å². The summed E-state index contributed by atoms with van der Waals surface area (Å²) in [4.78, 5) is 27.0. The third kappa shape index (κ3) is 3.30. The van der Waals surface area contributed by atoms with Gasteiger partial charge in [0.2, 0.25) is 0 Å². The van der Waals surface area contributed by atoms with E-state index in [-0.39, 0.29) is 16.9 Å². The molecule has 4 rings (SSSR count). The van der Waals surface area contributed by atoms with Gasteiger partial charge < -0.3 is 5.11 Å². The van der Waals surface area contributed by atoms with Gasteiger partial charge in [-0.05, 0) is 30.3 Å². The first-order chi connectivity index (χ1) is 14.0. The minimum atomic E-state index is -1.11. The molecule has 1 unspecified atom stereocenters. The maximum Gasteiger partial charge on any atom is 0.300 e. The van der Waals surface area contributed by atoms with E-state index in [1.54, 1.807) is 60.7 Å². The summed E-state index contributed by atoms with van der Waals surface area (Å²) in [7, 11) is 0. The Morgan fingerprint density at radius 3 is 2.17 bits per heavy atom. The maximum atomic E-state index is 14.7. The van der Waals surface area contributed by atoms with Gasteiger partial charge >= 0.3 is 0 Å². The van der Waals surface area contributed by atoms with Crippen LogP contribution in [0.5, 0.6) is 0 Å². The Morgan fingerprint density at radius 2 is 1.52 bits per heavy atom. The number of carbonyl (C=O) groups is 2. The molecular weight excluding hydrogens is 393 g/mol. The van der Waals surface area contributed by atoms with Gasteiger partial charge in [0, 0.05) is 21.8 Å². The van der Waals surface area contributed by atoms with Gasteiger partial charge in [-0.2, -0.15) is 0 Å². The standard InChI is InChI=1S/C23H15ClFNO3/c24-15-10-12-16(13-11-15)26-20(17-8-4-5-9-18(17)25)19(22(28)23(26)29)21(27)14-6-2-1-3-7-14/h1-13,20,27H/b21-19-. The van der Waals surface area contributed by atoms with Crippen LogP contribution in [-0.4, -0.2) is 16.8 Å². The highest BCUT2D eigenvalue weighted by Gasteiger charge is 2.47. The molecule has 29 heavy (non-hydrogen) atoms. The van der Waals surface area contributed by atoms with Crippen molar-refractivity contribution in [2.24, 2.45) is 0 Å². The van der Waals surface area contributed by atoms with Crippen molar-refractivity contribution in [3.05, 3.63) is 106 Å². The SMILES string of the molecule is O=C1C(=O)N(c2ccc(Cl)cc2)C(c2ccccc2F)/C1=C(/O)c1ccccc1. The number of aliphatic hydroxyl groups excluding tert-OH is 1. The van der Waals surface area contributed by atoms with Crippen molar-refractivity contribution in [2.45, 2.75) is 6.04 Å². The minimum absolute atomic E-state index is 0.110. The quantitative estimate of drug-likeness (QED) is 0.373. The van der Waals surface area contributed by atoms with Crippen molar-refractivity contribution in [2.75, 3.05) is 4.90 Å². The molecule has 1 N–H and O–H groups in total. The van der Waals surface area contributed by atoms with E-state index in [0.717, 1.165) is 0 Å². The number of anilines is 1. The molecule has 1 saturated heterocycles. The molecule has 6 heteroatoms. The fourth-order valence-electron chi connectivity index (χ4n) is 3.44. The Bertz CT molecular complexity index is 1130. The zero-order valence-corrected chi connectivity index (χ0v) is 15.8. The molecule has 0 saturated carbocycles. The Kier molecular flexibility index (Phi) is 4.91. The molecule has 3 aromatic carbocycles. The number of hydrogen-bond donors (Lipinski definition) is 1. The summed E-state index contributed by atoms with van der Waals surface area (Å²) in [5.41, 5.74) is 0.681. The molecule has 0 radical (unpaired) electrons. The lowest BCUT2D eigenvalue weighted by molar-refractivity contribution is -0.132. The van der Waals surface area contributed by atoms with Gasteiger partial charge in [0.05, 0.1) is 11.6 Å². The summed E-state index contributed by atoms with van der Waals surface area (Å²) in [5.74, 6) is -2.67. The molecule has 1 aliphatic heterocycles. The number of ketones is 1. The Balaban J connectivity index is 1.97. The lowest BCUT2D eigenvalue weighted by Gasteiger charge is -2.25. The number of hydrogen-bond acceptors (Lipinski definition) is 3. The molecule has 1 atom stereocenters. The number of rotatable bonds is 3. The second-order valence-electron chi connectivity index (χ2n) is 6.53. The molecule has 4 nitrogen and oxygen atoms in total. The van der Waals surface area contributed by atoms with E-state index >= 15 is 0 Å². The summed E-state index contributed by atoms with van der Waals surface area (Å²) in [5, 5.41) is 11.3. The second-order valence-corrected chi connectivity index (χ2v) is 6.97. The van der Waals surface area contributed by atoms with Gasteiger partial charge in [0.15, 0.2) is 0 Å². The molecule has 0 bridgehead atoms. The molecule has 1 fully saturated rings. The van der Waals surface area contributed by atoms with E-state index in [0.29, 0.717) is 16.3 Å². The predicted octanol–water partition coefficient (Wildman–Crippen LogP) is 5.11. The highest BCUT2D eigenvalue weighted by Crippen LogP contribution is 2.42. The Labute approximate surface area is 171 Å². The number of benzene rings is 3. The van der Waals surface area contributed by atoms with Crippen LogP contribution in [0.25, 0.3) is 5.76 Å². The summed E-state index contributed by atoms with van der Waals surface area (Å²) in [6, 6.07) is 19.4. The van der Waals surface area contributed by atoms with Crippen LogP contribution in [0.15, 0.2) is 84.4 Å². The summed E-state index contributed by atoms with van der Waals surface area (Å²) in [6.07, 6.45) is 0. The van der Waals surface area contributed by atoms with Crippen LogP contribution in [0.2, 0.25) is 5.02 Å². The van der Waals surface area contributed by atoms with Crippen molar-refractivity contribution >= 4 is 34.7 Å². The fourth-order valence-corrected chi connectivity index (χ4v) is 3.57. The van der Waals surface area contributed by atoms with Crippen LogP contribution >= 0.6 is 11.6 Å². The molecule has 3 aromatic rings. The third-order valence-corrected chi connectivity index (χ3v) is 5.05. The molecule has 0 aromatic heterocycles. The lowest BCUT2D eigenvalue weighted by Crippen LogP contribution is -2.29. The number of halogens is 2. The predicted molar refractivity (Wildman–Crippen MR) is 109 cm³/mol.